The third-order valence-corrected chi connectivity index (χ3v) is 11.8. The standard InChI is InChI=1S/C54H33N3/c1-3-15-33(16-4-1)35-19-7-8-20-37(35)38-21-9-10-22-39(38)42-29-31-47-51(52-48(55-47)32-30-44-41-24-12-14-26-46(41)57-54(44)52)49(42)50-36(34-17-5-2-6-18-34)27-28-43-40-23-11-13-25-45(40)56-53(43)50/h1-32,56H. The quantitative estimate of drug-likeness (QED) is 0.184. The SMILES string of the molecule is c1ccc(-c2ccccc2-c2ccccc2-c2ccc3c(c2-c2c(-c4ccccc4)ccc4c2[nH]c2ccccc24)-c2c4c(ccc2=N3)=c2ccccc2=N4)cc1. The van der Waals surface area contributed by atoms with Crippen molar-refractivity contribution in [1.29, 1.82) is 0 Å². The van der Waals surface area contributed by atoms with Crippen LogP contribution in [0.1, 0.15) is 0 Å². The second kappa shape index (κ2) is 12.5. The molecule has 9 aromatic carbocycles. The Hall–Kier alpha value is -7.62. The number of benzene rings is 9. The van der Waals surface area contributed by atoms with Crippen LogP contribution < -0.4 is 10.7 Å². The summed E-state index contributed by atoms with van der Waals surface area (Å²) < 4.78 is 0. The average Bonchev–Trinajstić information content (AvgIpc) is 3.98. The normalized spacial score (nSPS) is 12.1. The van der Waals surface area contributed by atoms with Gasteiger partial charge in [0.25, 0.3) is 0 Å². The zero-order valence-corrected chi connectivity index (χ0v) is 30.9. The summed E-state index contributed by atoms with van der Waals surface area (Å²) in [5.74, 6) is 0. The minimum absolute atomic E-state index is 0.950. The first-order valence-corrected chi connectivity index (χ1v) is 19.5. The summed E-state index contributed by atoms with van der Waals surface area (Å²) in [5, 5.41) is 6.65. The molecule has 0 bridgehead atoms. The Labute approximate surface area is 328 Å². The van der Waals surface area contributed by atoms with Crippen molar-refractivity contribution >= 4 is 33.2 Å². The molecule has 3 heterocycles. The summed E-state index contributed by atoms with van der Waals surface area (Å²) in [6.07, 6.45) is 0. The molecule has 0 spiro atoms. The molecule has 0 saturated heterocycles. The van der Waals surface area contributed by atoms with Crippen molar-refractivity contribution in [3.05, 3.63) is 215 Å². The van der Waals surface area contributed by atoms with Crippen molar-refractivity contribution in [2.75, 3.05) is 0 Å². The second-order valence-corrected chi connectivity index (χ2v) is 14.9. The zero-order chi connectivity index (χ0) is 37.5. The number of hydrogen-bond acceptors (Lipinski definition) is 2. The highest BCUT2D eigenvalue weighted by Crippen LogP contribution is 2.54. The molecule has 3 heteroatoms. The van der Waals surface area contributed by atoms with Gasteiger partial charge in [0, 0.05) is 49.0 Å². The highest BCUT2D eigenvalue weighted by atomic mass is 14.8. The molecule has 264 valence electrons. The fourth-order valence-electron chi connectivity index (χ4n) is 9.30. The van der Waals surface area contributed by atoms with E-state index in [1.54, 1.807) is 0 Å². The van der Waals surface area contributed by atoms with Crippen molar-refractivity contribution in [3.8, 4) is 66.8 Å². The van der Waals surface area contributed by atoms with Crippen molar-refractivity contribution < 1.29 is 0 Å². The van der Waals surface area contributed by atoms with Crippen molar-refractivity contribution in [3.63, 3.8) is 0 Å². The number of fused-ring (bicyclic) bond motifs is 9. The Balaban J connectivity index is 1.25. The monoisotopic (exact) mass is 723 g/mol. The number of nitrogens with one attached hydrogen (secondary N) is 1. The first-order valence-electron chi connectivity index (χ1n) is 19.5. The van der Waals surface area contributed by atoms with Gasteiger partial charge in [-0.2, -0.15) is 0 Å². The van der Waals surface area contributed by atoms with Gasteiger partial charge in [0.1, 0.15) is 0 Å². The van der Waals surface area contributed by atoms with Crippen LogP contribution in [0, 0.1) is 10.4 Å². The molecule has 57 heavy (non-hydrogen) atoms. The van der Waals surface area contributed by atoms with Gasteiger partial charge < -0.3 is 4.98 Å². The lowest BCUT2D eigenvalue weighted by molar-refractivity contribution is 1.36. The molecule has 0 radical (unpaired) electrons. The minimum Gasteiger partial charge on any atom is -0.354 e. The number of aromatic nitrogens is 1. The number of nitrogens with zero attached hydrogens (tertiary/aromatic N) is 2. The van der Waals surface area contributed by atoms with Gasteiger partial charge in [0.05, 0.1) is 27.6 Å². The van der Waals surface area contributed by atoms with Crippen LogP contribution in [-0.4, -0.2) is 4.98 Å². The van der Waals surface area contributed by atoms with Gasteiger partial charge in [-0.05, 0) is 74.8 Å². The van der Waals surface area contributed by atoms with Gasteiger partial charge in [0.2, 0.25) is 0 Å². The van der Waals surface area contributed by atoms with Gasteiger partial charge in [0.15, 0.2) is 0 Å². The van der Waals surface area contributed by atoms with Crippen molar-refractivity contribution in [1.82, 2.24) is 4.98 Å². The molecule has 0 aliphatic carbocycles. The predicted octanol–water partition coefficient (Wildman–Crippen LogP) is 13.1. The molecule has 0 atom stereocenters. The van der Waals surface area contributed by atoms with E-state index >= 15 is 0 Å². The average molecular weight is 724 g/mol. The Morgan fingerprint density at radius 2 is 0.930 bits per heavy atom. The van der Waals surface area contributed by atoms with E-state index in [0.717, 1.165) is 88.1 Å². The number of hydrogen-bond donors (Lipinski definition) is 1. The Morgan fingerprint density at radius 3 is 1.72 bits per heavy atom. The van der Waals surface area contributed by atoms with Crippen LogP contribution in [-0.2, 0) is 0 Å². The lowest BCUT2D eigenvalue weighted by Crippen LogP contribution is -2.02. The van der Waals surface area contributed by atoms with Crippen LogP contribution in [0.15, 0.2) is 204 Å². The van der Waals surface area contributed by atoms with Crippen molar-refractivity contribution in [2.45, 2.75) is 0 Å². The number of rotatable bonds is 5. The molecule has 2 aliphatic rings. The van der Waals surface area contributed by atoms with Crippen LogP contribution >= 0.6 is 0 Å². The molecule has 1 N–H and O–H groups in total. The summed E-state index contributed by atoms with van der Waals surface area (Å²) in [4.78, 5) is 14.6. The van der Waals surface area contributed by atoms with Crippen LogP contribution in [0.5, 0.6) is 0 Å². The Bertz CT molecular complexity index is 3510. The summed E-state index contributed by atoms with van der Waals surface area (Å²) in [5.41, 5.74) is 18.0. The van der Waals surface area contributed by atoms with E-state index in [4.69, 9.17) is 9.98 Å². The van der Waals surface area contributed by atoms with E-state index in [1.807, 2.05) is 0 Å². The third-order valence-electron chi connectivity index (χ3n) is 11.8. The van der Waals surface area contributed by atoms with Crippen LogP contribution in [0.3, 0.4) is 0 Å². The molecule has 10 aromatic rings. The molecule has 0 fully saturated rings. The van der Waals surface area contributed by atoms with Gasteiger partial charge in [-0.15, -0.1) is 0 Å². The van der Waals surface area contributed by atoms with E-state index in [0.29, 0.717) is 0 Å². The van der Waals surface area contributed by atoms with Gasteiger partial charge in [-0.1, -0.05) is 164 Å². The number of H-pyrrole nitrogens is 1. The van der Waals surface area contributed by atoms with E-state index in [2.05, 4.69) is 199 Å². The Kier molecular flexibility index (Phi) is 6.93. The summed E-state index contributed by atoms with van der Waals surface area (Å²) >= 11 is 0. The van der Waals surface area contributed by atoms with Crippen LogP contribution in [0.25, 0.3) is 88.6 Å². The van der Waals surface area contributed by atoms with E-state index in [1.165, 1.54) is 33.0 Å². The first-order chi connectivity index (χ1) is 28.3. The topological polar surface area (TPSA) is 40.5 Å². The summed E-state index contributed by atoms with van der Waals surface area (Å²) in [7, 11) is 0. The maximum Gasteiger partial charge on any atom is 0.0817 e. The molecule has 3 nitrogen and oxygen atoms in total. The molecule has 0 amide bonds. The first kappa shape index (κ1) is 31.7. The molecule has 0 saturated carbocycles. The zero-order valence-electron chi connectivity index (χ0n) is 30.9. The predicted molar refractivity (Wildman–Crippen MR) is 234 cm³/mol. The lowest BCUT2D eigenvalue weighted by atomic mass is 9.80. The lowest BCUT2D eigenvalue weighted by Gasteiger charge is -2.22. The molecular formula is C54H33N3. The summed E-state index contributed by atoms with van der Waals surface area (Å²) in [6.45, 7) is 0. The highest BCUT2D eigenvalue weighted by molar-refractivity contribution is 6.19. The van der Waals surface area contributed by atoms with Gasteiger partial charge in [-0.3, -0.25) is 0 Å². The molecule has 1 aromatic heterocycles. The third kappa shape index (κ3) is 4.79. The highest BCUT2D eigenvalue weighted by Gasteiger charge is 2.30. The van der Waals surface area contributed by atoms with Gasteiger partial charge >= 0.3 is 0 Å². The fraction of sp³-hybridized carbons (Fsp3) is 0. The maximum absolute atomic E-state index is 5.37. The summed E-state index contributed by atoms with van der Waals surface area (Å²) in [6, 6.07) is 69.8. The van der Waals surface area contributed by atoms with Crippen molar-refractivity contribution in [2.24, 2.45) is 9.98 Å². The molecule has 0 unspecified atom stereocenters. The largest absolute Gasteiger partial charge is 0.354 e. The Morgan fingerprint density at radius 1 is 0.316 bits per heavy atom. The second-order valence-electron chi connectivity index (χ2n) is 14.9. The minimum atomic E-state index is 0.950. The van der Waals surface area contributed by atoms with Gasteiger partial charge in [-0.25, -0.2) is 9.98 Å². The van der Waals surface area contributed by atoms with E-state index < -0.39 is 0 Å². The molecule has 2 aliphatic heterocycles. The molecule has 12 rings (SSSR count). The maximum atomic E-state index is 5.37. The molecular weight excluding hydrogens is 691 g/mol. The van der Waals surface area contributed by atoms with Crippen LogP contribution in [0.4, 0.5) is 11.4 Å². The fourth-order valence-corrected chi connectivity index (χ4v) is 9.30. The van der Waals surface area contributed by atoms with E-state index in [9.17, 15) is 0 Å². The number of aromatic amines is 1. The smallest absolute Gasteiger partial charge is 0.0817 e. The van der Waals surface area contributed by atoms with Crippen LogP contribution in [0.2, 0.25) is 0 Å². The number of para-hydroxylation sites is 2. The van der Waals surface area contributed by atoms with E-state index in [-0.39, 0.29) is 0 Å².